The van der Waals surface area contributed by atoms with Crippen molar-refractivity contribution in [1.82, 2.24) is 9.80 Å². The molecule has 132 valence electrons. The lowest BCUT2D eigenvalue weighted by atomic mass is 10.2. The van der Waals surface area contributed by atoms with Gasteiger partial charge in [0.1, 0.15) is 0 Å². The zero-order valence-corrected chi connectivity index (χ0v) is 15.8. The Kier molecular flexibility index (Phi) is 6.07. The van der Waals surface area contributed by atoms with Crippen LogP contribution in [0.3, 0.4) is 0 Å². The summed E-state index contributed by atoms with van der Waals surface area (Å²) in [6, 6.07) is 12.7. The van der Waals surface area contributed by atoms with Crippen LogP contribution in [0.1, 0.15) is 5.56 Å². The second kappa shape index (κ2) is 8.28. The van der Waals surface area contributed by atoms with E-state index in [2.05, 4.69) is 10.2 Å². The molecule has 1 fully saturated rings. The van der Waals surface area contributed by atoms with Gasteiger partial charge in [0.25, 0.3) is 0 Å². The van der Waals surface area contributed by atoms with Crippen molar-refractivity contribution in [1.29, 1.82) is 0 Å². The normalized spacial score (nSPS) is 15.2. The Morgan fingerprint density at radius 1 is 0.920 bits per heavy atom. The van der Waals surface area contributed by atoms with Crippen LogP contribution in [0.5, 0.6) is 0 Å². The van der Waals surface area contributed by atoms with Gasteiger partial charge < -0.3 is 10.2 Å². The summed E-state index contributed by atoms with van der Waals surface area (Å²) in [7, 11) is 0. The summed E-state index contributed by atoms with van der Waals surface area (Å²) >= 11 is 18.0. The Bertz CT molecular complexity index is 744. The number of halogens is 3. The minimum absolute atomic E-state index is 0.157. The molecule has 1 aliphatic heterocycles. The first-order valence-electron chi connectivity index (χ1n) is 7.99. The molecule has 1 N–H and O–H groups in total. The lowest BCUT2D eigenvalue weighted by molar-refractivity contribution is 0.143. The molecule has 0 spiro atoms. The average molecular weight is 399 g/mol. The standard InChI is InChI=1S/C18H18Cl3N3O/c19-14-3-1-13(2-4-14)12-23-7-9-24(10-8-23)18(25)22-17-11-15(20)5-6-16(17)21/h1-6,11H,7-10,12H2,(H,22,25). The predicted octanol–water partition coefficient (Wildman–Crippen LogP) is 5.00. The van der Waals surface area contributed by atoms with E-state index in [4.69, 9.17) is 34.8 Å². The number of rotatable bonds is 3. The molecule has 7 heteroatoms. The number of hydrogen-bond donors (Lipinski definition) is 1. The van der Waals surface area contributed by atoms with Crippen LogP contribution in [0, 0.1) is 0 Å². The number of nitrogens with zero attached hydrogens (tertiary/aromatic N) is 2. The Morgan fingerprint density at radius 3 is 2.24 bits per heavy atom. The van der Waals surface area contributed by atoms with E-state index in [1.54, 1.807) is 23.1 Å². The summed E-state index contributed by atoms with van der Waals surface area (Å²) in [5, 5.41) is 4.58. The lowest BCUT2D eigenvalue weighted by Gasteiger charge is -2.34. The van der Waals surface area contributed by atoms with Gasteiger partial charge in [-0.15, -0.1) is 0 Å². The van der Waals surface area contributed by atoms with Gasteiger partial charge in [-0.2, -0.15) is 0 Å². The summed E-state index contributed by atoms with van der Waals surface area (Å²) in [5.74, 6) is 0. The van der Waals surface area contributed by atoms with Crippen molar-refractivity contribution in [3.63, 3.8) is 0 Å². The third kappa shape index (κ3) is 5.02. The van der Waals surface area contributed by atoms with E-state index in [1.165, 1.54) is 5.56 Å². The number of piperazine rings is 1. The first-order chi connectivity index (χ1) is 12.0. The number of carbonyl (C=O) groups is 1. The molecule has 0 atom stereocenters. The Morgan fingerprint density at radius 2 is 1.56 bits per heavy atom. The number of amides is 2. The summed E-state index contributed by atoms with van der Waals surface area (Å²) in [4.78, 5) is 16.5. The first kappa shape index (κ1) is 18.3. The van der Waals surface area contributed by atoms with Crippen molar-refractivity contribution < 1.29 is 4.79 Å². The lowest BCUT2D eigenvalue weighted by Crippen LogP contribution is -2.49. The van der Waals surface area contributed by atoms with E-state index >= 15 is 0 Å². The van der Waals surface area contributed by atoms with E-state index in [0.717, 1.165) is 24.7 Å². The third-order valence-corrected chi connectivity index (χ3v) is 4.97. The monoisotopic (exact) mass is 397 g/mol. The van der Waals surface area contributed by atoms with Crippen LogP contribution >= 0.6 is 34.8 Å². The van der Waals surface area contributed by atoms with Crippen LogP contribution in [0.25, 0.3) is 0 Å². The fraction of sp³-hybridized carbons (Fsp3) is 0.278. The number of hydrogen-bond acceptors (Lipinski definition) is 2. The zero-order valence-electron chi connectivity index (χ0n) is 13.5. The van der Waals surface area contributed by atoms with Gasteiger partial charge in [0, 0.05) is 42.8 Å². The number of nitrogens with one attached hydrogen (secondary N) is 1. The van der Waals surface area contributed by atoms with Crippen LogP contribution < -0.4 is 5.32 Å². The molecule has 0 aliphatic carbocycles. The molecule has 1 saturated heterocycles. The van der Waals surface area contributed by atoms with Crippen LogP contribution in [-0.4, -0.2) is 42.0 Å². The SMILES string of the molecule is O=C(Nc1cc(Cl)ccc1Cl)N1CCN(Cc2ccc(Cl)cc2)CC1. The molecule has 25 heavy (non-hydrogen) atoms. The Balaban J connectivity index is 1.52. The van der Waals surface area contributed by atoms with Crippen molar-refractivity contribution in [2.75, 3.05) is 31.5 Å². The molecule has 0 unspecified atom stereocenters. The topological polar surface area (TPSA) is 35.6 Å². The molecule has 0 saturated carbocycles. The molecule has 0 bridgehead atoms. The quantitative estimate of drug-likeness (QED) is 0.790. The summed E-state index contributed by atoms with van der Waals surface area (Å²) in [5.41, 5.74) is 1.75. The van der Waals surface area contributed by atoms with Gasteiger partial charge in [0.05, 0.1) is 10.7 Å². The van der Waals surface area contributed by atoms with E-state index in [1.807, 2.05) is 24.3 Å². The Hall–Kier alpha value is -1.46. The number of carbonyl (C=O) groups excluding carboxylic acids is 1. The summed E-state index contributed by atoms with van der Waals surface area (Å²) in [6.07, 6.45) is 0. The van der Waals surface area contributed by atoms with Gasteiger partial charge in [-0.1, -0.05) is 46.9 Å². The number of urea groups is 1. The number of anilines is 1. The maximum absolute atomic E-state index is 12.4. The smallest absolute Gasteiger partial charge is 0.321 e. The van der Waals surface area contributed by atoms with Gasteiger partial charge in [-0.3, -0.25) is 4.90 Å². The molecule has 2 amide bonds. The molecule has 2 aromatic carbocycles. The molecule has 4 nitrogen and oxygen atoms in total. The molecule has 2 aromatic rings. The highest BCUT2D eigenvalue weighted by Crippen LogP contribution is 2.25. The molecular formula is C18H18Cl3N3O. The van der Waals surface area contributed by atoms with E-state index in [-0.39, 0.29) is 6.03 Å². The summed E-state index contributed by atoms with van der Waals surface area (Å²) < 4.78 is 0. The van der Waals surface area contributed by atoms with Crippen molar-refractivity contribution in [3.05, 3.63) is 63.1 Å². The van der Waals surface area contributed by atoms with E-state index in [0.29, 0.717) is 28.8 Å². The minimum Gasteiger partial charge on any atom is -0.322 e. The third-order valence-electron chi connectivity index (χ3n) is 4.15. The van der Waals surface area contributed by atoms with E-state index < -0.39 is 0 Å². The van der Waals surface area contributed by atoms with Crippen LogP contribution in [0.15, 0.2) is 42.5 Å². The average Bonchev–Trinajstić information content (AvgIpc) is 2.61. The van der Waals surface area contributed by atoms with Crippen molar-refractivity contribution in [2.24, 2.45) is 0 Å². The highest BCUT2D eigenvalue weighted by molar-refractivity contribution is 6.35. The first-order valence-corrected chi connectivity index (χ1v) is 9.12. The molecular weight excluding hydrogens is 381 g/mol. The van der Waals surface area contributed by atoms with Crippen molar-refractivity contribution in [3.8, 4) is 0 Å². The zero-order chi connectivity index (χ0) is 17.8. The fourth-order valence-corrected chi connectivity index (χ4v) is 3.21. The minimum atomic E-state index is -0.157. The molecule has 0 radical (unpaired) electrons. The van der Waals surface area contributed by atoms with Crippen molar-refractivity contribution in [2.45, 2.75) is 6.54 Å². The van der Waals surface area contributed by atoms with Crippen LogP contribution in [0.2, 0.25) is 15.1 Å². The van der Waals surface area contributed by atoms with Crippen LogP contribution in [-0.2, 0) is 6.54 Å². The Labute approximate surface area is 162 Å². The molecule has 1 heterocycles. The largest absolute Gasteiger partial charge is 0.322 e. The van der Waals surface area contributed by atoms with Gasteiger partial charge in [0.2, 0.25) is 0 Å². The molecule has 3 rings (SSSR count). The van der Waals surface area contributed by atoms with Crippen molar-refractivity contribution >= 4 is 46.5 Å². The maximum atomic E-state index is 12.4. The maximum Gasteiger partial charge on any atom is 0.321 e. The van der Waals surface area contributed by atoms with E-state index in [9.17, 15) is 4.79 Å². The highest BCUT2D eigenvalue weighted by Gasteiger charge is 2.21. The highest BCUT2D eigenvalue weighted by atomic mass is 35.5. The molecule has 1 aliphatic rings. The van der Waals surface area contributed by atoms with Gasteiger partial charge in [-0.05, 0) is 35.9 Å². The van der Waals surface area contributed by atoms with Gasteiger partial charge in [0.15, 0.2) is 0 Å². The van der Waals surface area contributed by atoms with Gasteiger partial charge >= 0.3 is 6.03 Å². The molecule has 0 aromatic heterocycles. The summed E-state index contributed by atoms with van der Waals surface area (Å²) in [6.45, 7) is 3.82. The second-order valence-electron chi connectivity index (χ2n) is 5.94. The van der Waals surface area contributed by atoms with Crippen LogP contribution in [0.4, 0.5) is 10.5 Å². The fourth-order valence-electron chi connectivity index (χ4n) is 2.74. The second-order valence-corrected chi connectivity index (χ2v) is 7.22. The number of benzene rings is 2. The predicted molar refractivity (Wildman–Crippen MR) is 104 cm³/mol. The van der Waals surface area contributed by atoms with Gasteiger partial charge in [-0.25, -0.2) is 4.79 Å².